The molecule has 1 aliphatic heterocycles. The fraction of sp³-hybridized carbons (Fsp3) is 0.571. The number of carboxylic acid groups (broad SMARTS) is 1. The Labute approximate surface area is 122 Å². The third-order valence-corrected chi connectivity index (χ3v) is 3.47. The lowest BCUT2D eigenvalue weighted by Gasteiger charge is -2.31. The first kappa shape index (κ1) is 15.5. The third kappa shape index (κ3) is 4.30. The molecule has 2 rings (SSSR count). The molecule has 1 fully saturated rings. The second kappa shape index (κ2) is 7.24. The standard InChI is InChI=1S/C14H20N2O5/c15-9-11-1-2-12(21-11)14(19)16-6-3-10(4-7-16)20-8-5-13(17)18/h1-2,10H,3-9,15H2,(H,17,18). The molecule has 3 N–H and O–H groups in total. The number of aliphatic carboxylic acids is 1. The molecule has 2 heterocycles. The van der Waals surface area contributed by atoms with Crippen LogP contribution in [0.2, 0.25) is 0 Å². The van der Waals surface area contributed by atoms with E-state index in [0.29, 0.717) is 37.5 Å². The number of nitrogens with two attached hydrogens (primary N) is 1. The van der Waals surface area contributed by atoms with Crippen LogP contribution in [0.4, 0.5) is 0 Å². The summed E-state index contributed by atoms with van der Waals surface area (Å²) in [5.41, 5.74) is 5.45. The van der Waals surface area contributed by atoms with Crippen LogP contribution in [-0.2, 0) is 16.1 Å². The molecule has 116 valence electrons. The predicted octanol–water partition coefficient (Wildman–Crippen LogP) is 0.834. The van der Waals surface area contributed by atoms with Crippen molar-refractivity contribution in [2.45, 2.75) is 31.9 Å². The zero-order valence-electron chi connectivity index (χ0n) is 11.8. The van der Waals surface area contributed by atoms with Crippen LogP contribution in [0.1, 0.15) is 35.6 Å². The highest BCUT2D eigenvalue weighted by atomic mass is 16.5. The van der Waals surface area contributed by atoms with Crippen LogP contribution in [0, 0.1) is 0 Å². The molecule has 0 unspecified atom stereocenters. The van der Waals surface area contributed by atoms with Gasteiger partial charge in [0.2, 0.25) is 0 Å². The van der Waals surface area contributed by atoms with Gasteiger partial charge in [0.15, 0.2) is 5.76 Å². The molecule has 0 radical (unpaired) electrons. The van der Waals surface area contributed by atoms with E-state index in [0.717, 1.165) is 0 Å². The summed E-state index contributed by atoms with van der Waals surface area (Å²) in [6.07, 6.45) is 1.43. The summed E-state index contributed by atoms with van der Waals surface area (Å²) in [6, 6.07) is 3.34. The van der Waals surface area contributed by atoms with Gasteiger partial charge in [0.05, 0.1) is 25.7 Å². The minimum absolute atomic E-state index is 0.00735. The molecule has 0 aliphatic carbocycles. The van der Waals surface area contributed by atoms with E-state index in [1.807, 2.05) is 0 Å². The highest BCUT2D eigenvalue weighted by Gasteiger charge is 2.25. The summed E-state index contributed by atoms with van der Waals surface area (Å²) in [4.78, 5) is 24.3. The van der Waals surface area contributed by atoms with E-state index < -0.39 is 5.97 Å². The van der Waals surface area contributed by atoms with Crippen LogP contribution >= 0.6 is 0 Å². The Bertz CT molecular complexity index is 491. The molecule has 1 aliphatic rings. The number of nitrogens with zero attached hydrogens (tertiary/aromatic N) is 1. The highest BCUT2D eigenvalue weighted by Crippen LogP contribution is 2.17. The Balaban J connectivity index is 1.77. The van der Waals surface area contributed by atoms with E-state index >= 15 is 0 Å². The topological polar surface area (TPSA) is 106 Å². The first-order valence-corrected chi connectivity index (χ1v) is 7.01. The molecule has 7 heteroatoms. The first-order valence-electron chi connectivity index (χ1n) is 7.01. The number of hydrogen-bond donors (Lipinski definition) is 2. The van der Waals surface area contributed by atoms with Crippen LogP contribution in [-0.4, -0.2) is 47.7 Å². The van der Waals surface area contributed by atoms with E-state index in [-0.39, 0.29) is 31.6 Å². The molecule has 0 bridgehead atoms. The molecular formula is C14H20N2O5. The molecule has 1 aromatic heterocycles. The number of ether oxygens (including phenoxy) is 1. The normalized spacial score (nSPS) is 16.1. The lowest BCUT2D eigenvalue weighted by atomic mass is 10.1. The Morgan fingerprint density at radius 1 is 1.38 bits per heavy atom. The fourth-order valence-corrected chi connectivity index (χ4v) is 2.30. The van der Waals surface area contributed by atoms with E-state index in [1.54, 1.807) is 17.0 Å². The van der Waals surface area contributed by atoms with Crippen molar-refractivity contribution >= 4 is 11.9 Å². The number of rotatable bonds is 6. The zero-order valence-corrected chi connectivity index (χ0v) is 11.8. The minimum Gasteiger partial charge on any atom is -0.481 e. The molecule has 0 atom stereocenters. The van der Waals surface area contributed by atoms with E-state index in [9.17, 15) is 9.59 Å². The second-order valence-corrected chi connectivity index (χ2v) is 4.98. The van der Waals surface area contributed by atoms with Gasteiger partial charge in [-0.05, 0) is 25.0 Å². The number of furan rings is 1. The molecule has 21 heavy (non-hydrogen) atoms. The Kier molecular flexibility index (Phi) is 5.35. The Hall–Kier alpha value is -1.86. The van der Waals surface area contributed by atoms with Gasteiger partial charge in [-0.2, -0.15) is 0 Å². The maximum Gasteiger partial charge on any atom is 0.305 e. The van der Waals surface area contributed by atoms with Crippen molar-refractivity contribution in [1.82, 2.24) is 4.90 Å². The average molecular weight is 296 g/mol. The highest BCUT2D eigenvalue weighted by molar-refractivity contribution is 5.91. The third-order valence-electron chi connectivity index (χ3n) is 3.47. The van der Waals surface area contributed by atoms with Crippen LogP contribution < -0.4 is 5.73 Å². The maximum absolute atomic E-state index is 12.2. The molecule has 0 aromatic carbocycles. The molecular weight excluding hydrogens is 276 g/mol. The van der Waals surface area contributed by atoms with Gasteiger partial charge < -0.3 is 24.9 Å². The smallest absolute Gasteiger partial charge is 0.305 e. The Morgan fingerprint density at radius 3 is 2.67 bits per heavy atom. The number of likely N-dealkylation sites (tertiary alicyclic amines) is 1. The van der Waals surface area contributed by atoms with Crippen LogP contribution in [0.25, 0.3) is 0 Å². The van der Waals surface area contributed by atoms with Crippen LogP contribution in [0.15, 0.2) is 16.5 Å². The predicted molar refractivity (Wildman–Crippen MR) is 73.7 cm³/mol. The quantitative estimate of drug-likeness (QED) is 0.805. The molecule has 1 aromatic rings. The van der Waals surface area contributed by atoms with E-state index in [2.05, 4.69) is 0 Å². The van der Waals surface area contributed by atoms with Gasteiger partial charge in [-0.25, -0.2) is 0 Å². The summed E-state index contributed by atoms with van der Waals surface area (Å²) < 4.78 is 10.8. The van der Waals surface area contributed by atoms with E-state index in [4.69, 9.17) is 20.0 Å². The number of piperidine rings is 1. The van der Waals surface area contributed by atoms with Gasteiger partial charge in [0.25, 0.3) is 5.91 Å². The summed E-state index contributed by atoms with van der Waals surface area (Å²) in [6.45, 7) is 1.64. The Morgan fingerprint density at radius 2 is 2.10 bits per heavy atom. The summed E-state index contributed by atoms with van der Waals surface area (Å²) in [5.74, 6) is -0.110. The van der Waals surface area contributed by atoms with Gasteiger partial charge in [0.1, 0.15) is 5.76 Å². The monoisotopic (exact) mass is 296 g/mol. The molecule has 1 saturated heterocycles. The van der Waals surface area contributed by atoms with Crippen molar-refractivity contribution in [1.29, 1.82) is 0 Å². The molecule has 1 amide bonds. The minimum atomic E-state index is -0.865. The summed E-state index contributed by atoms with van der Waals surface area (Å²) in [7, 11) is 0. The SMILES string of the molecule is NCc1ccc(C(=O)N2CCC(OCCC(=O)O)CC2)o1. The van der Waals surface area contributed by atoms with Gasteiger partial charge in [-0.3, -0.25) is 9.59 Å². The van der Waals surface area contributed by atoms with Crippen LogP contribution in [0.5, 0.6) is 0 Å². The lowest BCUT2D eigenvalue weighted by Crippen LogP contribution is -2.40. The fourth-order valence-electron chi connectivity index (χ4n) is 2.30. The molecule has 0 spiro atoms. The van der Waals surface area contributed by atoms with Crippen molar-refractivity contribution in [3.05, 3.63) is 23.7 Å². The van der Waals surface area contributed by atoms with Gasteiger partial charge in [-0.1, -0.05) is 0 Å². The molecule has 7 nitrogen and oxygen atoms in total. The number of carboxylic acids is 1. The maximum atomic E-state index is 12.2. The number of carbonyl (C=O) groups is 2. The number of hydrogen-bond acceptors (Lipinski definition) is 5. The van der Waals surface area contributed by atoms with Crippen molar-refractivity contribution in [3.63, 3.8) is 0 Å². The van der Waals surface area contributed by atoms with Crippen LogP contribution in [0.3, 0.4) is 0 Å². The number of carbonyl (C=O) groups excluding carboxylic acids is 1. The van der Waals surface area contributed by atoms with Gasteiger partial charge in [-0.15, -0.1) is 0 Å². The van der Waals surface area contributed by atoms with E-state index in [1.165, 1.54) is 0 Å². The van der Waals surface area contributed by atoms with Crippen molar-refractivity contribution in [2.75, 3.05) is 19.7 Å². The van der Waals surface area contributed by atoms with Gasteiger partial charge >= 0.3 is 5.97 Å². The van der Waals surface area contributed by atoms with Crippen molar-refractivity contribution in [3.8, 4) is 0 Å². The lowest BCUT2D eigenvalue weighted by molar-refractivity contribution is -0.138. The van der Waals surface area contributed by atoms with Crippen molar-refractivity contribution < 1.29 is 23.8 Å². The molecule has 0 saturated carbocycles. The van der Waals surface area contributed by atoms with Crippen molar-refractivity contribution in [2.24, 2.45) is 5.73 Å². The second-order valence-electron chi connectivity index (χ2n) is 4.98. The van der Waals surface area contributed by atoms with Gasteiger partial charge in [0, 0.05) is 13.1 Å². The first-order chi connectivity index (χ1) is 10.1. The summed E-state index contributed by atoms with van der Waals surface area (Å²) >= 11 is 0. The largest absolute Gasteiger partial charge is 0.481 e. The average Bonchev–Trinajstić information content (AvgIpc) is 2.96. The zero-order chi connectivity index (χ0) is 15.2. The summed E-state index contributed by atoms with van der Waals surface area (Å²) in [5, 5.41) is 8.55. The number of amides is 1.